The maximum atomic E-state index is 13.1. The predicted molar refractivity (Wildman–Crippen MR) is 100 cm³/mol. The highest BCUT2D eigenvalue weighted by Crippen LogP contribution is 2.37. The summed E-state index contributed by atoms with van der Waals surface area (Å²) in [5, 5.41) is 11.3. The quantitative estimate of drug-likeness (QED) is 0.649. The van der Waals surface area contributed by atoms with Gasteiger partial charge < -0.3 is 4.74 Å². The van der Waals surface area contributed by atoms with Crippen molar-refractivity contribution >= 4 is 21.6 Å². The molecule has 0 fully saturated rings. The molecule has 0 unspecified atom stereocenters. The van der Waals surface area contributed by atoms with Gasteiger partial charge in [0.1, 0.15) is 16.4 Å². The van der Waals surface area contributed by atoms with Crippen LogP contribution in [0.25, 0.3) is 21.3 Å². The van der Waals surface area contributed by atoms with Crippen LogP contribution in [0.3, 0.4) is 0 Å². The number of rotatable bonds is 5. The molecule has 0 spiro atoms. The van der Waals surface area contributed by atoms with Gasteiger partial charge in [0.2, 0.25) is 0 Å². The van der Waals surface area contributed by atoms with Crippen molar-refractivity contribution in [2.24, 2.45) is 0 Å². The molecule has 0 saturated carbocycles. The van der Waals surface area contributed by atoms with Crippen molar-refractivity contribution in [3.8, 4) is 22.9 Å². The fraction of sp³-hybridized carbons (Fsp3) is 0.316. The van der Waals surface area contributed by atoms with Crippen molar-refractivity contribution in [1.29, 1.82) is 5.26 Å². The summed E-state index contributed by atoms with van der Waals surface area (Å²) in [5.41, 5.74) is 2.80. The summed E-state index contributed by atoms with van der Waals surface area (Å²) in [6.45, 7) is 4.35. The van der Waals surface area contributed by atoms with Crippen LogP contribution in [0.4, 0.5) is 0 Å². The first-order chi connectivity index (χ1) is 12.1. The van der Waals surface area contributed by atoms with E-state index < -0.39 is 0 Å². The second-order valence-corrected chi connectivity index (χ2v) is 6.77. The summed E-state index contributed by atoms with van der Waals surface area (Å²) in [6, 6.07) is 8.05. The molecule has 3 aromatic rings. The highest BCUT2D eigenvalue weighted by Gasteiger charge is 2.17. The Hall–Kier alpha value is -2.65. The largest absolute Gasteiger partial charge is 0.496 e. The number of unbranched alkanes of at least 4 members (excludes halogenated alkanes) is 1. The molecule has 6 heteroatoms. The third-order valence-electron chi connectivity index (χ3n) is 4.20. The van der Waals surface area contributed by atoms with Crippen LogP contribution >= 0.6 is 11.3 Å². The summed E-state index contributed by atoms with van der Waals surface area (Å²) < 4.78 is 7.15. The van der Waals surface area contributed by atoms with Crippen LogP contribution in [0.1, 0.15) is 24.2 Å². The van der Waals surface area contributed by atoms with Crippen molar-refractivity contribution in [3.63, 3.8) is 0 Å². The van der Waals surface area contributed by atoms with Crippen LogP contribution in [-0.4, -0.2) is 16.7 Å². The smallest absolute Gasteiger partial charge is 0.262 e. The lowest BCUT2D eigenvalue weighted by atomic mass is 10.0. The average Bonchev–Trinajstić information content (AvgIpc) is 3.01. The van der Waals surface area contributed by atoms with E-state index in [4.69, 9.17) is 10.00 Å². The highest BCUT2D eigenvalue weighted by atomic mass is 32.1. The van der Waals surface area contributed by atoms with E-state index in [2.05, 4.69) is 11.1 Å². The first-order valence-corrected chi connectivity index (χ1v) is 8.95. The third kappa shape index (κ3) is 3.15. The molecule has 128 valence electrons. The Bertz CT molecular complexity index is 1030. The molecule has 25 heavy (non-hydrogen) atoms. The van der Waals surface area contributed by atoms with Gasteiger partial charge in [-0.1, -0.05) is 11.6 Å². The lowest BCUT2D eigenvalue weighted by Crippen LogP contribution is -2.23. The van der Waals surface area contributed by atoms with Crippen molar-refractivity contribution in [2.45, 2.75) is 33.2 Å². The number of hydrogen-bond acceptors (Lipinski definition) is 5. The van der Waals surface area contributed by atoms with Gasteiger partial charge in [-0.25, -0.2) is 4.98 Å². The molecule has 0 amide bonds. The SMILES string of the molecule is COc1ccc(C)cc1-c1csc2nc(C)n(CCCC#N)c(=O)c12. The number of nitriles is 1. The molecule has 0 aliphatic carbocycles. The number of hydrogen-bond donors (Lipinski definition) is 0. The lowest BCUT2D eigenvalue weighted by molar-refractivity contribution is 0.416. The number of nitrogens with zero attached hydrogens (tertiary/aromatic N) is 3. The second-order valence-electron chi connectivity index (χ2n) is 5.91. The van der Waals surface area contributed by atoms with Crippen LogP contribution in [0.2, 0.25) is 0 Å². The molecular formula is C19H19N3O2S. The topological polar surface area (TPSA) is 67.9 Å². The summed E-state index contributed by atoms with van der Waals surface area (Å²) in [5.74, 6) is 1.42. The minimum Gasteiger partial charge on any atom is -0.496 e. The Morgan fingerprint density at radius 3 is 2.84 bits per heavy atom. The number of aromatic nitrogens is 2. The average molecular weight is 353 g/mol. The van der Waals surface area contributed by atoms with E-state index in [9.17, 15) is 4.79 Å². The Kier molecular flexibility index (Phi) is 4.86. The Morgan fingerprint density at radius 1 is 1.32 bits per heavy atom. The molecule has 1 aromatic carbocycles. The summed E-state index contributed by atoms with van der Waals surface area (Å²) in [7, 11) is 1.63. The highest BCUT2D eigenvalue weighted by molar-refractivity contribution is 7.17. The van der Waals surface area contributed by atoms with E-state index in [-0.39, 0.29) is 5.56 Å². The van der Waals surface area contributed by atoms with Gasteiger partial charge in [0.05, 0.1) is 18.6 Å². The van der Waals surface area contributed by atoms with Crippen LogP contribution < -0.4 is 10.3 Å². The van der Waals surface area contributed by atoms with Crippen molar-refractivity contribution in [3.05, 3.63) is 45.3 Å². The van der Waals surface area contributed by atoms with Gasteiger partial charge >= 0.3 is 0 Å². The van der Waals surface area contributed by atoms with Gasteiger partial charge in [0, 0.05) is 29.5 Å². The van der Waals surface area contributed by atoms with E-state index in [0.717, 1.165) is 27.3 Å². The number of thiophene rings is 1. The number of benzene rings is 1. The van der Waals surface area contributed by atoms with Crippen LogP contribution in [-0.2, 0) is 6.54 Å². The first kappa shape index (κ1) is 17.2. The molecule has 0 aliphatic heterocycles. The van der Waals surface area contributed by atoms with Gasteiger partial charge in [0.25, 0.3) is 5.56 Å². The molecule has 5 nitrogen and oxygen atoms in total. The zero-order valence-electron chi connectivity index (χ0n) is 14.5. The van der Waals surface area contributed by atoms with Gasteiger partial charge in [-0.3, -0.25) is 9.36 Å². The zero-order valence-corrected chi connectivity index (χ0v) is 15.3. The molecular weight excluding hydrogens is 334 g/mol. The first-order valence-electron chi connectivity index (χ1n) is 8.07. The second kappa shape index (κ2) is 7.08. The van der Waals surface area contributed by atoms with Crippen LogP contribution in [0.15, 0.2) is 28.4 Å². The minimum atomic E-state index is -0.0553. The van der Waals surface area contributed by atoms with Gasteiger partial charge in [-0.05, 0) is 32.4 Å². The van der Waals surface area contributed by atoms with Gasteiger partial charge in [0.15, 0.2) is 0 Å². The summed E-state index contributed by atoms with van der Waals surface area (Å²) >= 11 is 1.47. The maximum absolute atomic E-state index is 13.1. The molecule has 2 heterocycles. The molecule has 0 aliphatic rings. The van der Waals surface area contributed by atoms with Crippen LogP contribution in [0, 0.1) is 25.2 Å². The maximum Gasteiger partial charge on any atom is 0.262 e. The van der Waals surface area contributed by atoms with E-state index in [1.54, 1.807) is 11.7 Å². The number of aryl methyl sites for hydroxylation is 2. The van der Waals surface area contributed by atoms with E-state index >= 15 is 0 Å². The molecule has 0 bridgehead atoms. The fourth-order valence-electron chi connectivity index (χ4n) is 2.94. The normalized spacial score (nSPS) is 10.8. The Labute approximate surface area is 150 Å². The molecule has 0 atom stereocenters. The standard InChI is InChI=1S/C19H19N3O2S/c1-12-6-7-16(24-3)14(10-12)15-11-25-18-17(15)19(23)22(13(2)21-18)9-5-4-8-20/h6-7,10-11H,4-5,9H2,1-3H3. The van der Waals surface area contributed by atoms with E-state index in [0.29, 0.717) is 30.6 Å². The van der Waals surface area contributed by atoms with Crippen LogP contribution in [0.5, 0.6) is 5.75 Å². The van der Waals surface area contributed by atoms with Crippen molar-refractivity contribution < 1.29 is 4.74 Å². The molecule has 3 rings (SSSR count). The predicted octanol–water partition coefficient (Wildman–Crippen LogP) is 4.05. The molecule has 0 saturated heterocycles. The molecule has 2 aromatic heterocycles. The van der Waals surface area contributed by atoms with E-state index in [1.165, 1.54) is 11.3 Å². The number of fused-ring (bicyclic) bond motifs is 1. The van der Waals surface area contributed by atoms with Gasteiger partial charge in [-0.15, -0.1) is 11.3 Å². The monoisotopic (exact) mass is 353 g/mol. The van der Waals surface area contributed by atoms with Crippen molar-refractivity contribution in [1.82, 2.24) is 9.55 Å². The summed E-state index contributed by atoms with van der Waals surface area (Å²) in [6.07, 6.45) is 1.06. The van der Waals surface area contributed by atoms with E-state index in [1.807, 2.05) is 37.4 Å². The Balaban J connectivity index is 2.22. The van der Waals surface area contributed by atoms with Gasteiger partial charge in [-0.2, -0.15) is 5.26 Å². The Morgan fingerprint density at radius 2 is 2.12 bits per heavy atom. The third-order valence-corrected chi connectivity index (χ3v) is 5.07. The zero-order chi connectivity index (χ0) is 18.0. The lowest BCUT2D eigenvalue weighted by Gasteiger charge is -2.11. The number of ether oxygens (including phenoxy) is 1. The summed E-state index contributed by atoms with van der Waals surface area (Å²) in [4.78, 5) is 18.4. The fourth-order valence-corrected chi connectivity index (χ4v) is 3.91. The number of methoxy groups -OCH3 is 1. The minimum absolute atomic E-state index is 0.0553. The van der Waals surface area contributed by atoms with Crippen molar-refractivity contribution in [2.75, 3.05) is 7.11 Å². The molecule has 0 radical (unpaired) electrons. The molecule has 0 N–H and O–H groups in total.